The lowest BCUT2D eigenvalue weighted by Gasteiger charge is -2.38. The molecule has 7 heteroatoms. The summed E-state index contributed by atoms with van der Waals surface area (Å²) in [6, 6.07) is 4.85. The van der Waals surface area contributed by atoms with Crippen molar-refractivity contribution in [2.75, 3.05) is 20.2 Å². The number of alkyl halides is 1. The smallest absolute Gasteiger partial charge is 0.244 e. The van der Waals surface area contributed by atoms with E-state index in [0.29, 0.717) is 13.1 Å². The average molecular weight is 352 g/mol. The second-order valence-corrected chi connectivity index (χ2v) is 8.08. The summed E-state index contributed by atoms with van der Waals surface area (Å²) in [5.41, 5.74) is 0.271. The Morgan fingerprint density at radius 3 is 2.76 bits per heavy atom. The molecule has 0 bridgehead atoms. The van der Waals surface area contributed by atoms with Crippen molar-refractivity contribution >= 4 is 33.2 Å². The highest BCUT2D eigenvalue weighted by Crippen LogP contribution is 2.31. The van der Waals surface area contributed by atoms with E-state index < -0.39 is 15.6 Å². The molecule has 0 aliphatic carbocycles. The van der Waals surface area contributed by atoms with Gasteiger partial charge in [-0.1, -0.05) is 17.7 Å². The molecular formula is C14H19Cl2NO3S. The summed E-state index contributed by atoms with van der Waals surface area (Å²) in [6.07, 6.45) is 1.60. The first-order valence-electron chi connectivity index (χ1n) is 6.72. The zero-order valence-electron chi connectivity index (χ0n) is 12.1. The zero-order chi connectivity index (χ0) is 15.7. The Bertz CT molecular complexity index is 621. The first-order valence-corrected chi connectivity index (χ1v) is 9.07. The van der Waals surface area contributed by atoms with Gasteiger partial charge in [0.05, 0.1) is 10.6 Å². The van der Waals surface area contributed by atoms with E-state index in [1.165, 1.54) is 4.31 Å². The molecule has 0 N–H and O–H groups in total. The molecule has 1 heterocycles. The van der Waals surface area contributed by atoms with Crippen LogP contribution in [0.1, 0.15) is 25.3 Å². The van der Waals surface area contributed by atoms with E-state index in [-0.39, 0.29) is 15.8 Å². The number of nitrogens with zero attached hydrogens (tertiary/aromatic N) is 1. The molecular weight excluding hydrogens is 333 g/mol. The molecule has 1 saturated heterocycles. The predicted octanol–water partition coefficient (Wildman–Crippen LogP) is 3.27. The lowest BCUT2D eigenvalue weighted by atomic mass is 9.96. The molecule has 1 aliphatic heterocycles. The summed E-state index contributed by atoms with van der Waals surface area (Å²) in [5.74, 6) is 0.246. The third-order valence-electron chi connectivity index (χ3n) is 3.88. The van der Waals surface area contributed by atoms with Crippen molar-refractivity contribution in [1.82, 2.24) is 4.31 Å². The first kappa shape index (κ1) is 17.0. The molecule has 4 nitrogen and oxygen atoms in total. The molecule has 1 unspecified atom stereocenters. The molecule has 0 saturated carbocycles. The van der Waals surface area contributed by atoms with E-state index >= 15 is 0 Å². The molecule has 0 aromatic heterocycles. The zero-order valence-corrected chi connectivity index (χ0v) is 14.4. The van der Waals surface area contributed by atoms with Gasteiger partial charge >= 0.3 is 0 Å². The number of ether oxygens (including phenoxy) is 1. The normalized spacial score (nSPS) is 24.2. The number of sulfonamides is 1. The molecule has 1 atom stereocenters. The Balaban J connectivity index is 2.38. The molecule has 2 rings (SSSR count). The average Bonchev–Trinajstić information content (AvgIpc) is 2.47. The van der Waals surface area contributed by atoms with Crippen LogP contribution >= 0.6 is 23.2 Å². The maximum Gasteiger partial charge on any atom is 0.244 e. The largest absolute Gasteiger partial charge is 0.377 e. The van der Waals surface area contributed by atoms with E-state index in [4.69, 9.17) is 27.9 Å². The van der Waals surface area contributed by atoms with Crippen LogP contribution in [0.2, 0.25) is 5.02 Å². The Hall–Kier alpha value is -0.330. The van der Waals surface area contributed by atoms with Crippen molar-refractivity contribution in [2.45, 2.75) is 36.1 Å². The third kappa shape index (κ3) is 3.54. The van der Waals surface area contributed by atoms with E-state index in [2.05, 4.69) is 0 Å². The van der Waals surface area contributed by atoms with E-state index in [0.717, 1.165) is 18.4 Å². The number of benzene rings is 1. The second-order valence-electron chi connectivity index (χ2n) is 5.49. The lowest BCUT2D eigenvalue weighted by molar-refractivity contribution is -0.0319. The number of methoxy groups -OCH3 is 1. The van der Waals surface area contributed by atoms with Crippen LogP contribution in [-0.4, -0.2) is 38.5 Å². The van der Waals surface area contributed by atoms with Crippen molar-refractivity contribution in [3.63, 3.8) is 0 Å². The minimum Gasteiger partial charge on any atom is -0.377 e. The third-order valence-corrected chi connectivity index (χ3v) is 6.52. The number of rotatable bonds is 4. The van der Waals surface area contributed by atoms with Gasteiger partial charge in [-0.25, -0.2) is 8.42 Å². The first-order chi connectivity index (χ1) is 9.82. The lowest BCUT2D eigenvalue weighted by Crippen LogP contribution is -2.49. The van der Waals surface area contributed by atoms with Crippen molar-refractivity contribution in [2.24, 2.45) is 0 Å². The summed E-state index contributed by atoms with van der Waals surface area (Å²) < 4.78 is 32.5. The van der Waals surface area contributed by atoms with Crippen LogP contribution in [0.5, 0.6) is 0 Å². The molecule has 1 fully saturated rings. The Kier molecular flexibility index (Phi) is 5.21. The summed E-state index contributed by atoms with van der Waals surface area (Å²) in [7, 11) is -2.04. The van der Waals surface area contributed by atoms with Gasteiger partial charge in [-0.3, -0.25) is 0 Å². The quantitative estimate of drug-likeness (QED) is 0.782. The minimum absolute atomic E-state index is 0.114. The number of hydrogen-bond donors (Lipinski definition) is 0. The van der Waals surface area contributed by atoms with Crippen molar-refractivity contribution in [3.05, 3.63) is 28.8 Å². The molecule has 21 heavy (non-hydrogen) atoms. The summed E-state index contributed by atoms with van der Waals surface area (Å²) in [5, 5.41) is 0.216. The fourth-order valence-corrected chi connectivity index (χ4v) is 4.78. The SMILES string of the molecule is COC1(C)CCCN(S(=O)(=O)c2cc(CCl)ccc2Cl)C1. The van der Waals surface area contributed by atoms with Crippen LogP contribution in [0.25, 0.3) is 0 Å². The monoisotopic (exact) mass is 351 g/mol. The fraction of sp³-hybridized carbons (Fsp3) is 0.571. The van der Waals surface area contributed by atoms with Crippen molar-refractivity contribution < 1.29 is 13.2 Å². The number of piperidine rings is 1. The van der Waals surface area contributed by atoms with Gasteiger partial charge in [-0.2, -0.15) is 4.31 Å². The van der Waals surface area contributed by atoms with E-state index in [1.807, 2.05) is 6.92 Å². The van der Waals surface area contributed by atoms with Crippen molar-refractivity contribution in [1.29, 1.82) is 0 Å². The van der Waals surface area contributed by atoms with Gasteiger partial charge in [0.25, 0.3) is 0 Å². The summed E-state index contributed by atoms with van der Waals surface area (Å²) in [6.45, 7) is 2.72. The van der Waals surface area contributed by atoms with Crippen LogP contribution in [0.15, 0.2) is 23.1 Å². The molecule has 1 aliphatic rings. The molecule has 118 valence electrons. The van der Waals surface area contributed by atoms with Crippen molar-refractivity contribution in [3.8, 4) is 0 Å². The van der Waals surface area contributed by atoms with Gasteiger partial charge < -0.3 is 4.74 Å². The van der Waals surface area contributed by atoms with Gasteiger partial charge in [0.15, 0.2) is 0 Å². The molecule has 0 radical (unpaired) electrons. The van der Waals surface area contributed by atoms with Gasteiger partial charge in [-0.15, -0.1) is 11.6 Å². The fourth-order valence-electron chi connectivity index (χ4n) is 2.50. The minimum atomic E-state index is -3.64. The maximum absolute atomic E-state index is 12.8. The highest BCUT2D eigenvalue weighted by Gasteiger charge is 2.37. The Labute approximate surface area is 136 Å². The maximum atomic E-state index is 12.8. The number of halogens is 2. The van der Waals surface area contributed by atoms with Crippen LogP contribution in [0.3, 0.4) is 0 Å². The van der Waals surface area contributed by atoms with Crippen LogP contribution in [-0.2, 0) is 20.6 Å². The summed E-state index contributed by atoms with van der Waals surface area (Å²) in [4.78, 5) is 0.114. The molecule has 0 amide bonds. The van der Waals surface area contributed by atoms with Crippen LogP contribution in [0.4, 0.5) is 0 Å². The number of hydrogen-bond acceptors (Lipinski definition) is 3. The van der Waals surface area contributed by atoms with Gasteiger partial charge in [0, 0.05) is 26.1 Å². The van der Waals surface area contributed by atoms with Gasteiger partial charge in [0.2, 0.25) is 10.0 Å². The Morgan fingerprint density at radius 2 is 2.14 bits per heavy atom. The summed E-state index contributed by atoms with van der Waals surface area (Å²) >= 11 is 11.9. The highest BCUT2D eigenvalue weighted by atomic mass is 35.5. The van der Waals surface area contributed by atoms with Gasteiger partial charge in [-0.05, 0) is 37.5 Å². The van der Waals surface area contributed by atoms with Gasteiger partial charge in [0.1, 0.15) is 4.90 Å². The highest BCUT2D eigenvalue weighted by molar-refractivity contribution is 7.89. The predicted molar refractivity (Wildman–Crippen MR) is 84.4 cm³/mol. The van der Waals surface area contributed by atoms with Crippen LogP contribution in [0, 0.1) is 0 Å². The van der Waals surface area contributed by atoms with E-state index in [9.17, 15) is 8.42 Å². The Morgan fingerprint density at radius 1 is 1.43 bits per heavy atom. The molecule has 0 spiro atoms. The second kappa shape index (κ2) is 6.42. The van der Waals surface area contributed by atoms with E-state index in [1.54, 1.807) is 25.3 Å². The molecule has 1 aromatic carbocycles. The molecule has 1 aromatic rings. The van der Waals surface area contributed by atoms with Crippen LogP contribution < -0.4 is 0 Å². The standard InChI is InChI=1S/C14H19Cl2NO3S/c1-14(20-2)6-3-7-17(10-14)21(18,19)13-8-11(9-15)4-5-12(13)16/h4-5,8H,3,6-7,9-10H2,1-2H3. The topological polar surface area (TPSA) is 46.6 Å².